The Bertz CT molecular complexity index is 2280. The summed E-state index contributed by atoms with van der Waals surface area (Å²) in [6.45, 7) is 1.77. The molecular weight excluding hydrogens is 504 g/mol. The van der Waals surface area contributed by atoms with Crippen molar-refractivity contribution < 1.29 is 0 Å². The molecule has 0 aliphatic carbocycles. The van der Waals surface area contributed by atoms with Crippen LogP contribution in [-0.2, 0) is 0 Å². The fraction of sp³-hybridized carbons (Fsp3) is 0.0286. The zero-order valence-electron chi connectivity index (χ0n) is 22.2. The predicted molar refractivity (Wildman–Crippen MR) is 164 cm³/mol. The van der Waals surface area contributed by atoms with E-state index in [1.165, 1.54) is 21.7 Å². The molecule has 6 heteroatoms. The van der Waals surface area contributed by atoms with Crippen molar-refractivity contribution in [2.24, 2.45) is 0 Å². The molecule has 41 heavy (non-hydrogen) atoms. The molecule has 0 atom stereocenters. The molecule has 0 amide bonds. The highest BCUT2D eigenvalue weighted by Gasteiger charge is 2.21. The Morgan fingerprint density at radius 1 is 0.829 bits per heavy atom. The van der Waals surface area contributed by atoms with E-state index in [1.54, 1.807) is 43.5 Å². The molecule has 192 valence electrons. The Morgan fingerprint density at radius 3 is 2.49 bits per heavy atom. The van der Waals surface area contributed by atoms with Crippen molar-refractivity contribution in [2.75, 3.05) is 0 Å². The summed E-state index contributed by atoms with van der Waals surface area (Å²) in [6, 6.07) is 31.5. The van der Waals surface area contributed by atoms with Gasteiger partial charge in [0.25, 0.3) is 0 Å². The van der Waals surface area contributed by atoms with Gasteiger partial charge < -0.3 is 4.57 Å². The standard InChI is InChI=1S/C35H22N6/c1-2-23(21-36)19-24(22-37)11-13-27-15-17-38-35(39-27)41-30-10-6-7-25-12-14-29-33(32(25)30)31(41)20-26-16-18-40(34(26)29)28-8-4-3-5-9-28/h2-20H,1H3/b13-11+,23-2+,24-19+. The van der Waals surface area contributed by atoms with Crippen LogP contribution in [-0.4, -0.2) is 19.1 Å². The zero-order chi connectivity index (χ0) is 27.9. The predicted octanol–water partition coefficient (Wildman–Crippen LogP) is 8.04. The van der Waals surface area contributed by atoms with E-state index in [0.717, 1.165) is 27.5 Å². The third-order valence-corrected chi connectivity index (χ3v) is 7.44. The number of rotatable bonds is 5. The van der Waals surface area contributed by atoms with Crippen LogP contribution < -0.4 is 0 Å². The van der Waals surface area contributed by atoms with E-state index in [1.807, 2.05) is 6.07 Å². The van der Waals surface area contributed by atoms with Crippen molar-refractivity contribution in [3.05, 3.63) is 126 Å². The van der Waals surface area contributed by atoms with Gasteiger partial charge in [-0.1, -0.05) is 48.5 Å². The molecule has 0 saturated heterocycles. The molecule has 0 aliphatic rings. The molecule has 4 aromatic carbocycles. The first-order valence-electron chi connectivity index (χ1n) is 13.2. The lowest BCUT2D eigenvalue weighted by Gasteiger charge is -2.10. The molecule has 0 N–H and O–H groups in total. The summed E-state index contributed by atoms with van der Waals surface area (Å²) in [4.78, 5) is 9.55. The lowest BCUT2D eigenvalue weighted by molar-refractivity contribution is 0.983. The van der Waals surface area contributed by atoms with E-state index in [9.17, 15) is 10.5 Å². The topological polar surface area (TPSA) is 83.2 Å². The van der Waals surface area contributed by atoms with Crippen LogP contribution in [0, 0.1) is 22.7 Å². The van der Waals surface area contributed by atoms with Crippen molar-refractivity contribution in [2.45, 2.75) is 6.92 Å². The van der Waals surface area contributed by atoms with Crippen molar-refractivity contribution in [1.82, 2.24) is 19.1 Å². The minimum atomic E-state index is 0.369. The number of aromatic nitrogens is 4. The van der Waals surface area contributed by atoms with Crippen LogP contribution in [0.25, 0.3) is 61.2 Å². The highest BCUT2D eigenvalue weighted by atomic mass is 15.2. The van der Waals surface area contributed by atoms with Crippen LogP contribution in [0.4, 0.5) is 0 Å². The minimum absolute atomic E-state index is 0.369. The first-order valence-corrected chi connectivity index (χ1v) is 13.2. The number of benzene rings is 4. The summed E-state index contributed by atoms with van der Waals surface area (Å²) in [5.74, 6) is 0.549. The van der Waals surface area contributed by atoms with Crippen LogP contribution in [0.2, 0.25) is 0 Å². The normalized spacial score (nSPS) is 12.7. The van der Waals surface area contributed by atoms with Gasteiger partial charge in [-0.25, -0.2) is 9.97 Å². The average molecular weight is 527 g/mol. The van der Waals surface area contributed by atoms with Crippen molar-refractivity contribution in [3.8, 4) is 23.8 Å². The first kappa shape index (κ1) is 24.1. The summed E-state index contributed by atoms with van der Waals surface area (Å²) in [5.41, 5.74) is 5.81. The zero-order valence-corrected chi connectivity index (χ0v) is 22.2. The third kappa shape index (κ3) is 3.86. The average Bonchev–Trinajstić information content (AvgIpc) is 3.60. The fourth-order valence-corrected chi connectivity index (χ4v) is 5.61. The lowest BCUT2D eigenvalue weighted by atomic mass is 10.0. The Kier molecular flexibility index (Phi) is 5.67. The monoisotopic (exact) mass is 526 g/mol. The van der Waals surface area contributed by atoms with E-state index in [4.69, 9.17) is 4.98 Å². The summed E-state index contributed by atoms with van der Waals surface area (Å²) in [7, 11) is 0. The molecule has 0 saturated carbocycles. The van der Waals surface area contributed by atoms with E-state index in [-0.39, 0.29) is 0 Å². The second-order valence-electron chi connectivity index (χ2n) is 9.74. The Labute approximate surface area is 236 Å². The number of allylic oxidation sites excluding steroid dienone is 5. The molecule has 3 aromatic heterocycles. The smallest absolute Gasteiger partial charge is 0.235 e. The van der Waals surface area contributed by atoms with Crippen molar-refractivity contribution in [3.63, 3.8) is 0 Å². The molecule has 0 radical (unpaired) electrons. The quantitative estimate of drug-likeness (QED) is 0.129. The molecule has 0 unspecified atom stereocenters. The summed E-state index contributed by atoms with van der Waals surface area (Å²) >= 11 is 0. The molecular formula is C35H22N6. The minimum Gasteiger partial charge on any atom is -0.316 e. The van der Waals surface area contributed by atoms with E-state index in [0.29, 0.717) is 22.8 Å². The molecule has 3 heterocycles. The molecule has 7 aromatic rings. The van der Waals surface area contributed by atoms with Crippen LogP contribution in [0.15, 0.2) is 121 Å². The Balaban J connectivity index is 1.45. The van der Waals surface area contributed by atoms with Gasteiger partial charge in [-0.05, 0) is 66.9 Å². The number of fused-ring (bicyclic) bond motifs is 2. The molecule has 0 aliphatic heterocycles. The third-order valence-electron chi connectivity index (χ3n) is 7.44. The van der Waals surface area contributed by atoms with Gasteiger partial charge in [-0.15, -0.1) is 0 Å². The van der Waals surface area contributed by atoms with E-state index < -0.39 is 0 Å². The maximum absolute atomic E-state index is 9.55. The number of hydrogen-bond donors (Lipinski definition) is 0. The molecule has 0 spiro atoms. The first-order chi connectivity index (χ1) is 20.2. The highest BCUT2D eigenvalue weighted by Crippen LogP contribution is 2.42. The van der Waals surface area contributed by atoms with Crippen molar-refractivity contribution >= 4 is 49.6 Å². The molecule has 0 fully saturated rings. The van der Waals surface area contributed by atoms with Crippen molar-refractivity contribution in [1.29, 1.82) is 10.5 Å². The van der Waals surface area contributed by atoms with Gasteiger partial charge in [-0.2, -0.15) is 10.5 Å². The van der Waals surface area contributed by atoms with Gasteiger partial charge in [0.15, 0.2) is 0 Å². The fourth-order valence-electron chi connectivity index (χ4n) is 5.61. The van der Waals surface area contributed by atoms with Gasteiger partial charge in [0.05, 0.1) is 40.0 Å². The largest absolute Gasteiger partial charge is 0.316 e. The van der Waals surface area contributed by atoms with Gasteiger partial charge >= 0.3 is 0 Å². The summed E-state index contributed by atoms with van der Waals surface area (Å²) < 4.78 is 4.37. The van der Waals surface area contributed by atoms with E-state index >= 15 is 0 Å². The van der Waals surface area contributed by atoms with Gasteiger partial charge in [0.1, 0.15) is 0 Å². The Hall–Kier alpha value is -5.98. The molecule has 6 nitrogen and oxygen atoms in total. The number of para-hydroxylation sites is 1. The molecule has 0 bridgehead atoms. The Morgan fingerprint density at radius 2 is 1.68 bits per heavy atom. The second kappa shape index (κ2) is 9.64. The lowest BCUT2D eigenvalue weighted by Crippen LogP contribution is -2.01. The van der Waals surface area contributed by atoms with Crippen LogP contribution in [0.3, 0.4) is 0 Å². The summed E-state index contributed by atoms with van der Waals surface area (Å²) in [6.07, 6.45) is 10.5. The maximum atomic E-state index is 9.55. The summed E-state index contributed by atoms with van der Waals surface area (Å²) in [5, 5.41) is 24.6. The highest BCUT2D eigenvalue weighted by molar-refractivity contribution is 6.29. The van der Waals surface area contributed by atoms with Gasteiger partial charge in [0.2, 0.25) is 5.95 Å². The number of nitrogens with zero attached hydrogens (tertiary/aromatic N) is 6. The maximum Gasteiger partial charge on any atom is 0.235 e. The second-order valence-corrected chi connectivity index (χ2v) is 9.74. The van der Waals surface area contributed by atoms with Crippen LogP contribution in [0.5, 0.6) is 0 Å². The van der Waals surface area contributed by atoms with E-state index in [2.05, 4.69) is 99.2 Å². The molecule has 7 rings (SSSR count). The van der Waals surface area contributed by atoms with Crippen LogP contribution >= 0.6 is 0 Å². The van der Waals surface area contributed by atoms with Crippen LogP contribution in [0.1, 0.15) is 12.6 Å². The van der Waals surface area contributed by atoms with Gasteiger partial charge in [0, 0.05) is 45.2 Å². The number of hydrogen-bond acceptors (Lipinski definition) is 4. The van der Waals surface area contributed by atoms with Gasteiger partial charge in [-0.3, -0.25) is 4.57 Å². The SMILES string of the molecule is C\C=C(C#N)/C=C(C#N)\C=C\c1ccnc(-n2c3cccc4ccc5c(c43)c2cc2ccn(-c3ccccc3)c25)n1. The number of nitriles is 2.